The van der Waals surface area contributed by atoms with Crippen LogP contribution in [-0.4, -0.2) is 36.7 Å². The van der Waals surface area contributed by atoms with E-state index in [1.165, 1.54) is 11.8 Å². The standard InChI is InChI=1S/C19H16BrN3O4S/c20-14-7-5-13(6-8-14)19(26)22-11-18(25)27-12-17(24)23-15-3-1-2-4-16(15)28-10-9-21/h1-8H,10-12H2,(H,22,26)(H,23,24). The Morgan fingerprint density at radius 2 is 1.82 bits per heavy atom. The molecule has 7 nitrogen and oxygen atoms in total. The van der Waals surface area contributed by atoms with Crippen molar-refractivity contribution >= 4 is 51.2 Å². The molecule has 0 aliphatic heterocycles. The number of para-hydroxylation sites is 1. The molecular formula is C19H16BrN3O4S. The molecular weight excluding hydrogens is 446 g/mol. The van der Waals surface area contributed by atoms with E-state index in [1.807, 2.05) is 6.07 Å². The molecule has 0 spiro atoms. The maximum atomic E-state index is 12.0. The summed E-state index contributed by atoms with van der Waals surface area (Å²) in [4.78, 5) is 36.4. The van der Waals surface area contributed by atoms with Gasteiger partial charge in [0, 0.05) is 14.9 Å². The number of thioether (sulfide) groups is 1. The number of carbonyl (C=O) groups excluding carboxylic acids is 3. The Kier molecular flexibility index (Phi) is 8.52. The molecule has 2 aromatic rings. The van der Waals surface area contributed by atoms with E-state index in [0.29, 0.717) is 11.3 Å². The first-order valence-electron chi connectivity index (χ1n) is 8.07. The van der Waals surface area contributed by atoms with E-state index in [0.717, 1.165) is 9.37 Å². The minimum absolute atomic E-state index is 0.250. The van der Waals surface area contributed by atoms with Gasteiger partial charge in [-0.25, -0.2) is 0 Å². The molecule has 0 unspecified atom stereocenters. The molecule has 0 aliphatic rings. The van der Waals surface area contributed by atoms with Gasteiger partial charge in [0.1, 0.15) is 6.54 Å². The minimum Gasteiger partial charge on any atom is -0.454 e. The topological polar surface area (TPSA) is 108 Å². The van der Waals surface area contributed by atoms with Crippen LogP contribution in [0.5, 0.6) is 0 Å². The number of hydrogen-bond acceptors (Lipinski definition) is 6. The van der Waals surface area contributed by atoms with Gasteiger partial charge in [-0.2, -0.15) is 5.26 Å². The first-order chi connectivity index (χ1) is 13.5. The Bertz CT molecular complexity index is 897. The van der Waals surface area contributed by atoms with Crippen LogP contribution in [0.15, 0.2) is 57.9 Å². The second-order valence-electron chi connectivity index (χ2n) is 5.34. The third-order valence-corrected chi connectivity index (χ3v) is 4.79. The van der Waals surface area contributed by atoms with E-state index < -0.39 is 24.4 Å². The smallest absolute Gasteiger partial charge is 0.325 e. The first kappa shape index (κ1) is 21.5. The number of carbonyl (C=O) groups is 3. The summed E-state index contributed by atoms with van der Waals surface area (Å²) in [6, 6.07) is 15.7. The fourth-order valence-electron chi connectivity index (χ4n) is 2.04. The Morgan fingerprint density at radius 3 is 2.54 bits per heavy atom. The van der Waals surface area contributed by atoms with Crippen molar-refractivity contribution in [3.8, 4) is 6.07 Å². The van der Waals surface area contributed by atoms with Gasteiger partial charge in [0.2, 0.25) is 0 Å². The minimum atomic E-state index is -0.729. The van der Waals surface area contributed by atoms with Crippen LogP contribution in [0.2, 0.25) is 0 Å². The highest BCUT2D eigenvalue weighted by Gasteiger charge is 2.12. The van der Waals surface area contributed by atoms with E-state index in [1.54, 1.807) is 48.5 Å². The summed E-state index contributed by atoms with van der Waals surface area (Å²) in [5.41, 5.74) is 0.938. The van der Waals surface area contributed by atoms with Crippen molar-refractivity contribution < 1.29 is 19.1 Å². The van der Waals surface area contributed by atoms with Gasteiger partial charge in [-0.05, 0) is 36.4 Å². The number of nitrogens with zero attached hydrogens (tertiary/aromatic N) is 1. The summed E-state index contributed by atoms with van der Waals surface area (Å²) in [5, 5.41) is 13.7. The lowest BCUT2D eigenvalue weighted by Gasteiger charge is -2.10. The number of nitriles is 1. The molecule has 28 heavy (non-hydrogen) atoms. The zero-order chi connectivity index (χ0) is 20.4. The molecule has 0 aromatic heterocycles. The van der Waals surface area contributed by atoms with Gasteiger partial charge in [0.05, 0.1) is 17.5 Å². The lowest BCUT2D eigenvalue weighted by Crippen LogP contribution is -2.32. The summed E-state index contributed by atoms with van der Waals surface area (Å²) in [6.07, 6.45) is 0. The number of nitrogens with one attached hydrogen (secondary N) is 2. The summed E-state index contributed by atoms with van der Waals surface area (Å²) >= 11 is 4.56. The summed E-state index contributed by atoms with van der Waals surface area (Å²) in [7, 11) is 0. The largest absolute Gasteiger partial charge is 0.454 e. The van der Waals surface area contributed by atoms with Crippen LogP contribution < -0.4 is 10.6 Å². The molecule has 0 bridgehead atoms. The number of rotatable bonds is 8. The second kappa shape index (κ2) is 11.1. The normalized spacial score (nSPS) is 9.86. The monoisotopic (exact) mass is 461 g/mol. The van der Waals surface area contributed by atoms with Crippen LogP contribution >= 0.6 is 27.7 Å². The van der Waals surface area contributed by atoms with Gasteiger partial charge in [-0.1, -0.05) is 28.1 Å². The highest BCUT2D eigenvalue weighted by molar-refractivity contribution is 9.10. The zero-order valence-corrected chi connectivity index (χ0v) is 17.0. The molecule has 2 rings (SSSR count). The lowest BCUT2D eigenvalue weighted by atomic mass is 10.2. The predicted molar refractivity (Wildman–Crippen MR) is 109 cm³/mol. The van der Waals surface area contributed by atoms with Crippen molar-refractivity contribution in [2.75, 3.05) is 24.2 Å². The van der Waals surface area contributed by atoms with Gasteiger partial charge >= 0.3 is 5.97 Å². The summed E-state index contributed by atoms with van der Waals surface area (Å²) in [5.74, 6) is -1.41. The first-order valence-corrected chi connectivity index (χ1v) is 9.85. The van der Waals surface area contributed by atoms with Crippen LogP contribution in [0, 0.1) is 11.3 Å². The van der Waals surface area contributed by atoms with Crippen LogP contribution in [0.1, 0.15) is 10.4 Å². The van der Waals surface area contributed by atoms with Crippen molar-refractivity contribution in [3.05, 3.63) is 58.6 Å². The van der Waals surface area contributed by atoms with Gasteiger partial charge in [0.15, 0.2) is 6.61 Å². The summed E-state index contributed by atoms with van der Waals surface area (Å²) < 4.78 is 5.71. The van der Waals surface area contributed by atoms with E-state index >= 15 is 0 Å². The molecule has 0 atom stereocenters. The van der Waals surface area contributed by atoms with Crippen LogP contribution in [-0.2, 0) is 14.3 Å². The van der Waals surface area contributed by atoms with Crippen LogP contribution in [0.4, 0.5) is 5.69 Å². The number of ether oxygens (including phenoxy) is 1. The van der Waals surface area contributed by atoms with E-state index in [4.69, 9.17) is 10.00 Å². The average Bonchev–Trinajstić information content (AvgIpc) is 2.70. The molecule has 9 heteroatoms. The predicted octanol–water partition coefficient (Wildman–Crippen LogP) is 2.98. The molecule has 0 fully saturated rings. The zero-order valence-electron chi connectivity index (χ0n) is 14.6. The van der Waals surface area contributed by atoms with Gasteiger partial charge in [0.25, 0.3) is 11.8 Å². The molecule has 0 heterocycles. The maximum absolute atomic E-state index is 12.0. The number of hydrogen-bond donors (Lipinski definition) is 2. The highest BCUT2D eigenvalue weighted by Crippen LogP contribution is 2.26. The fraction of sp³-hybridized carbons (Fsp3) is 0.158. The van der Waals surface area contributed by atoms with E-state index in [2.05, 4.69) is 26.6 Å². The van der Waals surface area contributed by atoms with Crippen molar-refractivity contribution in [2.45, 2.75) is 4.90 Å². The Balaban J connectivity index is 1.77. The molecule has 0 saturated carbocycles. The van der Waals surface area contributed by atoms with Gasteiger partial charge < -0.3 is 15.4 Å². The third kappa shape index (κ3) is 7.06. The molecule has 0 saturated heterocycles. The number of esters is 1. The molecule has 0 aliphatic carbocycles. The quantitative estimate of drug-likeness (QED) is 0.461. The van der Waals surface area contributed by atoms with Crippen molar-refractivity contribution in [2.24, 2.45) is 0 Å². The molecule has 144 valence electrons. The second-order valence-corrected chi connectivity index (χ2v) is 7.27. The number of amides is 2. The lowest BCUT2D eigenvalue weighted by molar-refractivity contribution is -0.146. The highest BCUT2D eigenvalue weighted by atomic mass is 79.9. The van der Waals surface area contributed by atoms with Crippen molar-refractivity contribution in [3.63, 3.8) is 0 Å². The Labute approximate surface area is 174 Å². The molecule has 2 N–H and O–H groups in total. The van der Waals surface area contributed by atoms with Crippen molar-refractivity contribution in [1.29, 1.82) is 5.26 Å². The van der Waals surface area contributed by atoms with E-state index in [-0.39, 0.29) is 12.3 Å². The van der Waals surface area contributed by atoms with Crippen LogP contribution in [0.25, 0.3) is 0 Å². The SMILES string of the molecule is N#CCSc1ccccc1NC(=O)COC(=O)CNC(=O)c1ccc(Br)cc1. The van der Waals surface area contributed by atoms with Gasteiger partial charge in [-0.15, -0.1) is 11.8 Å². The van der Waals surface area contributed by atoms with E-state index in [9.17, 15) is 14.4 Å². The van der Waals surface area contributed by atoms with Gasteiger partial charge in [-0.3, -0.25) is 14.4 Å². The molecule has 0 radical (unpaired) electrons. The number of anilines is 1. The fourth-order valence-corrected chi connectivity index (χ4v) is 2.98. The average molecular weight is 462 g/mol. The van der Waals surface area contributed by atoms with Crippen molar-refractivity contribution in [1.82, 2.24) is 5.32 Å². The molecule has 2 amide bonds. The molecule has 2 aromatic carbocycles. The number of halogens is 1. The number of benzene rings is 2. The Morgan fingerprint density at radius 1 is 1.11 bits per heavy atom. The Hall–Kier alpha value is -2.83. The summed E-state index contributed by atoms with van der Waals surface area (Å²) in [6.45, 7) is -0.832. The van der Waals surface area contributed by atoms with Crippen LogP contribution in [0.3, 0.4) is 0 Å². The maximum Gasteiger partial charge on any atom is 0.325 e. The third-order valence-electron chi connectivity index (χ3n) is 3.32.